The maximum atomic E-state index is 13.2. The van der Waals surface area contributed by atoms with Gasteiger partial charge in [0, 0.05) is 5.92 Å². The Bertz CT molecular complexity index is 1410. The highest BCUT2D eigenvalue weighted by atomic mass is 19.1. The van der Waals surface area contributed by atoms with Crippen molar-refractivity contribution in [2.75, 3.05) is 7.11 Å². The van der Waals surface area contributed by atoms with Crippen molar-refractivity contribution in [3.63, 3.8) is 0 Å². The van der Waals surface area contributed by atoms with Gasteiger partial charge in [0.15, 0.2) is 11.5 Å². The van der Waals surface area contributed by atoms with Gasteiger partial charge in [0.25, 0.3) is 0 Å². The zero-order chi connectivity index (χ0) is 24.4. The first-order chi connectivity index (χ1) is 17.1. The van der Waals surface area contributed by atoms with Gasteiger partial charge in [0.05, 0.1) is 24.4 Å². The zero-order valence-electron chi connectivity index (χ0n) is 18.8. The van der Waals surface area contributed by atoms with E-state index >= 15 is 0 Å². The quantitative estimate of drug-likeness (QED) is 0.392. The van der Waals surface area contributed by atoms with E-state index in [9.17, 15) is 9.65 Å². The molecule has 0 spiro atoms. The fourth-order valence-electron chi connectivity index (χ4n) is 4.24. The van der Waals surface area contributed by atoms with Crippen molar-refractivity contribution in [1.82, 2.24) is 10.2 Å². The second-order valence-electron chi connectivity index (χ2n) is 8.06. The molecule has 2 unspecified atom stereocenters. The van der Waals surface area contributed by atoms with Gasteiger partial charge in [0.2, 0.25) is 11.8 Å². The maximum absolute atomic E-state index is 13.2. The van der Waals surface area contributed by atoms with Crippen molar-refractivity contribution >= 4 is 5.90 Å². The maximum Gasteiger partial charge on any atom is 0.244 e. The molecule has 1 aliphatic rings. The third-order valence-corrected chi connectivity index (χ3v) is 5.96. The first kappa shape index (κ1) is 22.2. The lowest BCUT2D eigenvalue weighted by Gasteiger charge is -2.28. The summed E-state index contributed by atoms with van der Waals surface area (Å²) in [5, 5.41) is 25.5. The van der Waals surface area contributed by atoms with E-state index in [1.54, 1.807) is 24.3 Å². The summed E-state index contributed by atoms with van der Waals surface area (Å²) in [5.74, 6) is -0.563. The predicted molar refractivity (Wildman–Crippen MR) is 127 cm³/mol. The summed E-state index contributed by atoms with van der Waals surface area (Å²) in [7, 11) is 1.54. The fraction of sp³-hybridized carbons (Fsp3) is 0.148. The van der Waals surface area contributed by atoms with Crippen LogP contribution in [0.15, 0.2) is 72.8 Å². The SMILES string of the molecule is COc1cc(C2c3c(n[nH]c3-c3ccccc3)OC(=N)C2C#N)ccc1OCc1ccc(F)cc1. The van der Waals surface area contributed by atoms with Crippen LogP contribution in [0.2, 0.25) is 0 Å². The average molecular weight is 468 g/mol. The number of ether oxygens (including phenoxy) is 3. The van der Waals surface area contributed by atoms with Crippen LogP contribution in [-0.2, 0) is 6.61 Å². The van der Waals surface area contributed by atoms with Gasteiger partial charge in [-0.05, 0) is 41.0 Å². The van der Waals surface area contributed by atoms with Gasteiger partial charge < -0.3 is 14.2 Å². The number of hydrogen-bond donors (Lipinski definition) is 2. The Kier molecular flexibility index (Phi) is 5.90. The number of nitrogens with zero attached hydrogens (tertiary/aromatic N) is 2. The van der Waals surface area contributed by atoms with Crippen LogP contribution in [0.1, 0.15) is 22.6 Å². The van der Waals surface area contributed by atoms with E-state index in [4.69, 9.17) is 19.6 Å². The average Bonchev–Trinajstić information content (AvgIpc) is 3.31. The largest absolute Gasteiger partial charge is 0.493 e. The van der Waals surface area contributed by atoms with Crippen LogP contribution in [0.4, 0.5) is 4.39 Å². The monoisotopic (exact) mass is 468 g/mol. The lowest BCUT2D eigenvalue weighted by molar-refractivity contribution is 0.284. The van der Waals surface area contributed by atoms with E-state index in [0.29, 0.717) is 17.1 Å². The lowest BCUT2D eigenvalue weighted by Crippen LogP contribution is -2.30. The van der Waals surface area contributed by atoms with Crippen LogP contribution in [0.5, 0.6) is 17.4 Å². The normalized spacial score (nSPS) is 16.7. The van der Waals surface area contributed by atoms with Crippen molar-refractivity contribution in [3.05, 3.63) is 95.3 Å². The molecule has 0 fully saturated rings. The number of fused-ring (bicyclic) bond motifs is 1. The van der Waals surface area contributed by atoms with E-state index in [2.05, 4.69) is 16.3 Å². The third kappa shape index (κ3) is 4.20. The smallest absolute Gasteiger partial charge is 0.244 e. The molecule has 0 aliphatic carbocycles. The fourth-order valence-corrected chi connectivity index (χ4v) is 4.24. The Morgan fingerprint density at radius 1 is 1.09 bits per heavy atom. The number of rotatable bonds is 6. The number of nitriles is 1. The molecule has 2 N–H and O–H groups in total. The molecule has 1 aliphatic heterocycles. The van der Waals surface area contributed by atoms with Crippen molar-refractivity contribution < 1.29 is 18.6 Å². The molecule has 7 nitrogen and oxygen atoms in total. The number of hydrogen-bond acceptors (Lipinski definition) is 6. The van der Waals surface area contributed by atoms with E-state index in [1.807, 2.05) is 36.4 Å². The highest BCUT2D eigenvalue weighted by molar-refractivity contribution is 5.86. The molecule has 174 valence electrons. The van der Waals surface area contributed by atoms with Crippen LogP contribution in [-0.4, -0.2) is 23.2 Å². The van der Waals surface area contributed by atoms with Crippen LogP contribution in [0.25, 0.3) is 11.3 Å². The molecular formula is C27H21FN4O3. The summed E-state index contributed by atoms with van der Waals surface area (Å²) in [6, 6.07) is 23.4. The van der Waals surface area contributed by atoms with E-state index in [-0.39, 0.29) is 24.2 Å². The van der Waals surface area contributed by atoms with E-state index < -0.39 is 11.8 Å². The minimum absolute atomic E-state index is 0.160. The Morgan fingerprint density at radius 2 is 1.86 bits per heavy atom. The summed E-state index contributed by atoms with van der Waals surface area (Å²) in [4.78, 5) is 0. The molecular weight excluding hydrogens is 447 g/mol. The standard InChI is InChI=1S/C27H21FN4O3/c1-33-22-13-18(9-12-21(22)34-15-16-7-10-19(28)11-8-16)23-20(14-29)26(30)35-27-24(23)25(31-32-27)17-5-3-2-4-6-17/h2-13,20,23,30H,15H2,1H3,(H,31,32). The van der Waals surface area contributed by atoms with Gasteiger partial charge in [-0.15, -0.1) is 5.10 Å². The Balaban J connectivity index is 1.53. The van der Waals surface area contributed by atoms with Crippen LogP contribution in [0.3, 0.4) is 0 Å². The van der Waals surface area contributed by atoms with Gasteiger partial charge in [-0.1, -0.05) is 48.5 Å². The number of nitrogens with one attached hydrogen (secondary N) is 2. The van der Waals surface area contributed by atoms with Crippen molar-refractivity contribution in [1.29, 1.82) is 10.7 Å². The molecule has 2 atom stereocenters. The van der Waals surface area contributed by atoms with Crippen LogP contribution >= 0.6 is 0 Å². The minimum atomic E-state index is -0.849. The summed E-state index contributed by atoms with van der Waals surface area (Å²) in [6.45, 7) is 0.239. The minimum Gasteiger partial charge on any atom is -0.493 e. The molecule has 0 radical (unpaired) electrons. The Labute approximate surface area is 201 Å². The number of benzene rings is 3. The highest BCUT2D eigenvalue weighted by Gasteiger charge is 2.41. The van der Waals surface area contributed by atoms with Crippen molar-refractivity contribution in [2.24, 2.45) is 5.92 Å². The molecule has 0 amide bonds. The molecule has 3 aromatic carbocycles. The number of methoxy groups -OCH3 is 1. The highest BCUT2D eigenvalue weighted by Crippen LogP contribution is 2.47. The Morgan fingerprint density at radius 3 is 2.57 bits per heavy atom. The summed E-state index contributed by atoms with van der Waals surface area (Å²) < 4.78 is 30.3. The number of halogens is 1. The molecule has 0 saturated heterocycles. The molecule has 8 heteroatoms. The number of aromatic nitrogens is 2. The number of H-pyrrole nitrogens is 1. The predicted octanol–water partition coefficient (Wildman–Crippen LogP) is 5.44. The van der Waals surface area contributed by atoms with Crippen LogP contribution in [0, 0.1) is 28.5 Å². The van der Waals surface area contributed by atoms with Gasteiger partial charge >= 0.3 is 0 Å². The molecule has 35 heavy (non-hydrogen) atoms. The first-order valence-corrected chi connectivity index (χ1v) is 10.9. The molecule has 4 aromatic rings. The van der Waals surface area contributed by atoms with Gasteiger partial charge in [-0.3, -0.25) is 10.5 Å². The first-order valence-electron chi connectivity index (χ1n) is 10.9. The van der Waals surface area contributed by atoms with Crippen molar-refractivity contribution in [3.8, 4) is 34.7 Å². The molecule has 0 saturated carbocycles. The molecule has 5 rings (SSSR count). The van der Waals surface area contributed by atoms with Gasteiger partial charge in [0.1, 0.15) is 18.3 Å². The summed E-state index contributed by atoms with van der Waals surface area (Å²) in [6.07, 6.45) is 0. The lowest BCUT2D eigenvalue weighted by atomic mass is 9.78. The number of aromatic amines is 1. The summed E-state index contributed by atoms with van der Waals surface area (Å²) in [5.41, 5.74) is 3.91. The third-order valence-electron chi connectivity index (χ3n) is 5.96. The molecule has 0 bridgehead atoms. The zero-order valence-corrected chi connectivity index (χ0v) is 18.8. The van der Waals surface area contributed by atoms with E-state index in [0.717, 1.165) is 22.4 Å². The summed E-state index contributed by atoms with van der Waals surface area (Å²) >= 11 is 0. The van der Waals surface area contributed by atoms with E-state index in [1.165, 1.54) is 19.2 Å². The van der Waals surface area contributed by atoms with Gasteiger partial charge in [-0.25, -0.2) is 4.39 Å². The van der Waals surface area contributed by atoms with Gasteiger partial charge in [-0.2, -0.15) is 5.26 Å². The molecule has 2 heterocycles. The second-order valence-corrected chi connectivity index (χ2v) is 8.06. The van der Waals surface area contributed by atoms with Crippen molar-refractivity contribution in [2.45, 2.75) is 12.5 Å². The molecule has 1 aromatic heterocycles. The topological polar surface area (TPSA) is 104 Å². The van der Waals surface area contributed by atoms with Crippen LogP contribution < -0.4 is 14.2 Å². The Hall–Kier alpha value is -4.64. The second kappa shape index (κ2) is 9.31.